The smallest absolute Gasteiger partial charge is 0.381 e. The van der Waals surface area contributed by atoms with Crippen LogP contribution >= 0.6 is 0 Å². The van der Waals surface area contributed by atoms with Crippen LogP contribution in [0.5, 0.6) is 0 Å². The summed E-state index contributed by atoms with van der Waals surface area (Å²) >= 11 is 0. The SMILES string of the molecule is O=C(NCC1(F)CCN(C2CCN(CC(F)(F)F)C2=O)CC1)C1CCOC1. The molecule has 0 aromatic carbocycles. The van der Waals surface area contributed by atoms with E-state index in [4.69, 9.17) is 4.74 Å². The molecule has 2 atom stereocenters. The first-order valence-corrected chi connectivity index (χ1v) is 9.31. The fourth-order valence-electron chi connectivity index (χ4n) is 3.98. The van der Waals surface area contributed by atoms with Crippen LogP contribution in [0.15, 0.2) is 0 Å². The Bertz CT molecular complexity index is 558. The number of hydrogen-bond acceptors (Lipinski definition) is 4. The third-order valence-electron chi connectivity index (χ3n) is 5.65. The van der Waals surface area contributed by atoms with Crippen molar-refractivity contribution in [3.05, 3.63) is 0 Å². The molecule has 3 aliphatic rings. The molecular formula is C17H25F4N3O3. The van der Waals surface area contributed by atoms with E-state index >= 15 is 0 Å². The molecule has 3 fully saturated rings. The second kappa shape index (κ2) is 7.90. The molecular weight excluding hydrogens is 370 g/mol. The van der Waals surface area contributed by atoms with Gasteiger partial charge in [-0.3, -0.25) is 14.5 Å². The Morgan fingerprint density at radius 2 is 1.93 bits per heavy atom. The number of likely N-dealkylation sites (tertiary alicyclic amines) is 2. The minimum Gasteiger partial charge on any atom is -0.381 e. The van der Waals surface area contributed by atoms with Crippen LogP contribution < -0.4 is 5.32 Å². The average molecular weight is 395 g/mol. The van der Waals surface area contributed by atoms with Gasteiger partial charge in [-0.15, -0.1) is 0 Å². The topological polar surface area (TPSA) is 61.9 Å². The molecule has 6 nitrogen and oxygen atoms in total. The van der Waals surface area contributed by atoms with E-state index < -0.39 is 30.3 Å². The van der Waals surface area contributed by atoms with Gasteiger partial charge in [0, 0.05) is 26.2 Å². The Labute approximate surface area is 155 Å². The summed E-state index contributed by atoms with van der Waals surface area (Å²) in [5, 5.41) is 2.65. The van der Waals surface area contributed by atoms with E-state index in [0.717, 1.165) is 4.90 Å². The zero-order chi connectivity index (χ0) is 19.7. The quantitative estimate of drug-likeness (QED) is 0.709. The minimum atomic E-state index is -4.41. The van der Waals surface area contributed by atoms with Gasteiger partial charge in [-0.2, -0.15) is 13.2 Å². The lowest BCUT2D eigenvalue weighted by molar-refractivity contribution is -0.159. The molecule has 3 rings (SSSR count). The second-order valence-electron chi connectivity index (χ2n) is 7.64. The zero-order valence-electron chi connectivity index (χ0n) is 15.1. The number of rotatable bonds is 5. The monoisotopic (exact) mass is 395 g/mol. The molecule has 0 spiro atoms. The molecule has 2 amide bonds. The van der Waals surface area contributed by atoms with Gasteiger partial charge in [0.05, 0.1) is 25.1 Å². The van der Waals surface area contributed by atoms with E-state index in [1.54, 1.807) is 4.90 Å². The normalized spacial score (nSPS) is 29.3. The van der Waals surface area contributed by atoms with Gasteiger partial charge in [0.25, 0.3) is 0 Å². The van der Waals surface area contributed by atoms with E-state index in [2.05, 4.69) is 5.32 Å². The van der Waals surface area contributed by atoms with Crippen molar-refractivity contribution in [2.24, 2.45) is 5.92 Å². The summed E-state index contributed by atoms with van der Waals surface area (Å²) in [6.45, 7) is 0.213. The number of nitrogens with zero attached hydrogens (tertiary/aromatic N) is 2. The summed E-state index contributed by atoms with van der Waals surface area (Å²) in [7, 11) is 0. The van der Waals surface area contributed by atoms with E-state index in [0.29, 0.717) is 26.1 Å². The summed E-state index contributed by atoms with van der Waals surface area (Å²) in [6.07, 6.45) is -3.18. The third-order valence-corrected chi connectivity index (χ3v) is 5.65. The highest BCUT2D eigenvalue weighted by Gasteiger charge is 2.44. The number of nitrogens with one attached hydrogen (secondary N) is 1. The lowest BCUT2D eigenvalue weighted by Gasteiger charge is -2.38. The minimum absolute atomic E-state index is 0.0692. The van der Waals surface area contributed by atoms with Gasteiger partial charge in [0.15, 0.2) is 0 Å². The highest BCUT2D eigenvalue weighted by atomic mass is 19.4. The van der Waals surface area contributed by atoms with Crippen LogP contribution in [0, 0.1) is 5.92 Å². The molecule has 27 heavy (non-hydrogen) atoms. The Morgan fingerprint density at radius 1 is 1.22 bits per heavy atom. The molecule has 0 aromatic heterocycles. The molecule has 3 heterocycles. The van der Waals surface area contributed by atoms with Gasteiger partial charge < -0.3 is 15.0 Å². The fourth-order valence-corrected chi connectivity index (χ4v) is 3.98. The standard InChI is InChI=1S/C17H25F4N3O3/c18-16(10-22-14(25)12-2-8-27-9-12)3-6-23(7-4-16)13-1-5-24(15(13)26)11-17(19,20)21/h12-13H,1-11H2,(H,22,25). The van der Waals surface area contributed by atoms with Crippen LogP contribution in [-0.4, -0.2) is 85.4 Å². The van der Waals surface area contributed by atoms with Crippen molar-refractivity contribution in [1.82, 2.24) is 15.1 Å². The number of hydrogen-bond donors (Lipinski definition) is 1. The maximum atomic E-state index is 15.0. The second-order valence-corrected chi connectivity index (χ2v) is 7.64. The van der Waals surface area contributed by atoms with Crippen LogP contribution in [0.2, 0.25) is 0 Å². The molecule has 1 N–H and O–H groups in total. The van der Waals surface area contributed by atoms with Crippen molar-refractivity contribution in [1.29, 1.82) is 0 Å². The molecule has 0 aliphatic carbocycles. The first kappa shape index (κ1) is 20.3. The predicted octanol–water partition coefficient (Wildman–Crippen LogP) is 1.11. The summed E-state index contributed by atoms with van der Waals surface area (Å²) < 4.78 is 57.7. The maximum Gasteiger partial charge on any atom is 0.406 e. The zero-order valence-corrected chi connectivity index (χ0v) is 15.1. The van der Waals surface area contributed by atoms with Crippen molar-refractivity contribution >= 4 is 11.8 Å². The predicted molar refractivity (Wildman–Crippen MR) is 87.6 cm³/mol. The van der Waals surface area contributed by atoms with Crippen LogP contribution in [0.4, 0.5) is 17.6 Å². The summed E-state index contributed by atoms with van der Waals surface area (Å²) in [4.78, 5) is 26.8. The summed E-state index contributed by atoms with van der Waals surface area (Å²) in [5.74, 6) is -0.974. The van der Waals surface area contributed by atoms with Crippen molar-refractivity contribution < 1.29 is 31.9 Å². The van der Waals surface area contributed by atoms with E-state index in [1.165, 1.54) is 0 Å². The number of amides is 2. The molecule has 0 saturated carbocycles. The van der Waals surface area contributed by atoms with Crippen molar-refractivity contribution in [3.63, 3.8) is 0 Å². The van der Waals surface area contributed by atoms with E-state index in [-0.39, 0.29) is 50.8 Å². The summed E-state index contributed by atoms with van der Waals surface area (Å²) in [6, 6.07) is -0.609. The lowest BCUT2D eigenvalue weighted by atomic mass is 9.91. The maximum absolute atomic E-state index is 15.0. The van der Waals surface area contributed by atoms with Gasteiger partial charge in [0.2, 0.25) is 11.8 Å². The molecule has 10 heteroatoms. The van der Waals surface area contributed by atoms with Crippen LogP contribution in [0.25, 0.3) is 0 Å². The Kier molecular flexibility index (Phi) is 5.95. The Balaban J connectivity index is 1.45. The van der Waals surface area contributed by atoms with Crippen molar-refractivity contribution in [2.75, 3.05) is 45.9 Å². The van der Waals surface area contributed by atoms with Gasteiger partial charge in [-0.25, -0.2) is 4.39 Å². The highest BCUT2D eigenvalue weighted by molar-refractivity contribution is 5.84. The van der Waals surface area contributed by atoms with Crippen molar-refractivity contribution in [3.8, 4) is 0 Å². The van der Waals surface area contributed by atoms with Gasteiger partial charge in [-0.1, -0.05) is 0 Å². The molecule has 154 valence electrons. The number of piperidine rings is 1. The molecule has 3 aliphatic heterocycles. The highest BCUT2D eigenvalue weighted by Crippen LogP contribution is 2.30. The molecule has 2 unspecified atom stereocenters. The summed E-state index contributed by atoms with van der Waals surface area (Å²) in [5.41, 5.74) is -1.56. The number of alkyl halides is 4. The first-order valence-electron chi connectivity index (χ1n) is 9.31. The van der Waals surface area contributed by atoms with Gasteiger partial charge in [-0.05, 0) is 25.7 Å². The van der Waals surface area contributed by atoms with Crippen molar-refractivity contribution in [2.45, 2.75) is 43.6 Å². The van der Waals surface area contributed by atoms with E-state index in [9.17, 15) is 27.2 Å². The molecule has 0 bridgehead atoms. The molecule has 3 saturated heterocycles. The largest absolute Gasteiger partial charge is 0.406 e. The van der Waals surface area contributed by atoms with Crippen LogP contribution in [0.1, 0.15) is 25.7 Å². The number of ether oxygens (including phenoxy) is 1. The van der Waals surface area contributed by atoms with Crippen LogP contribution in [0.3, 0.4) is 0 Å². The lowest BCUT2D eigenvalue weighted by Crippen LogP contribution is -2.53. The molecule has 0 aromatic rings. The first-order chi connectivity index (χ1) is 12.7. The fraction of sp³-hybridized carbons (Fsp3) is 0.882. The molecule has 0 radical (unpaired) electrons. The Morgan fingerprint density at radius 3 is 2.52 bits per heavy atom. The number of carbonyl (C=O) groups is 2. The third kappa shape index (κ3) is 5.10. The Hall–Kier alpha value is -1.42. The van der Waals surface area contributed by atoms with Gasteiger partial charge >= 0.3 is 6.18 Å². The van der Waals surface area contributed by atoms with Gasteiger partial charge in [0.1, 0.15) is 12.2 Å². The average Bonchev–Trinajstić information content (AvgIpc) is 3.24. The number of carbonyl (C=O) groups excluding carboxylic acids is 2. The van der Waals surface area contributed by atoms with Crippen LogP contribution in [-0.2, 0) is 14.3 Å². The van der Waals surface area contributed by atoms with E-state index in [1.807, 2.05) is 0 Å². The number of halogens is 4.